The molecule has 6 rings (SSSR count). The zero-order valence-corrected chi connectivity index (χ0v) is 25.1. The maximum absolute atomic E-state index is 13.7. The molecule has 1 aliphatic carbocycles. The summed E-state index contributed by atoms with van der Waals surface area (Å²) in [4.78, 5) is 30.7. The molecule has 1 saturated heterocycles. The van der Waals surface area contributed by atoms with E-state index in [0.717, 1.165) is 70.7 Å². The first-order valence-corrected chi connectivity index (χ1v) is 15.5. The van der Waals surface area contributed by atoms with E-state index in [4.69, 9.17) is 10.5 Å². The summed E-state index contributed by atoms with van der Waals surface area (Å²) in [6.45, 7) is 4.37. The number of hydrogen-bond donors (Lipinski definition) is 2. The largest absolute Gasteiger partial charge is 0.378 e. The zero-order chi connectivity index (χ0) is 30.3. The molecule has 2 aliphatic rings. The van der Waals surface area contributed by atoms with Crippen molar-refractivity contribution in [3.8, 4) is 11.1 Å². The van der Waals surface area contributed by atoms with Crippen LogP contribution in [0.25, 0.3) is 11.1 Å². The van der Waals surface area contributed by atoms with Crippen molar-refractivity contribution in [3.63, 3.8) is 0 Å². The fourth-order valence-corrected chi connectivity index (χ4v) is 5.74. The first-order valence-electron chi connectivity index (χ1n) is 15.5. The average molecular weight is 589 g/mol. The second-order valence-corrected chi connectivity index (χ2v) is 11.7. The molecule has 0 unspecified atom stereocenters. The molecule has 1 aliphatic heterocycles. The van der Waals surface area contributed by atoms with Crippen LogP contribution in [0.1, 0.15) is 35.1 Å². The number of amides is 2. The van der Waals surface area contributed by atoms with Gasteiger partial charge in [0.1, 0.15) is 0 Å². The molecule has 7 nitrogen and oxygen atoms in total. The smallest absolute Gasteiger partial charge is 0.227 e. The van der Waals surface area contributed by atoms with E-state index in [2.05, 4.69) is 52.7 Å². The first kappa shape index (κ1) is 29.6. The third kappa shape index (κ3) is 7.54. The molecule has 44 heavy (non-hydrogen) atoms. The highest BCUT2D eigenvalue weighted by Gasteiger charge is 2.30. The molecule has 4 aromatic carbocycles. The lowest BCUT2D eigenvalue weighted by Crippen LogP contribution is -2.36. The number of nitrogens with zero attached hydrogens (tertiary/aromatic N) is 2. The number of morpholine rings is 1. The van der Waals surface area contributed by atoms with E-state index in [9.17, 15) is 9.59 Å². The maximum atomic E-state index is 13.7. The SMILES string of the molecule is NCc1cccc(CN(Cc2cccc(-c3ccc(N4CCOCC4)c(NC(=O)C4CC4)c3)c2)C(=O)Cc2ccccc2)c1. The van der Waals surface area contributed by atoms with Gasteiger partial charge in [-0.1, -0.05) is 78.9 Å². The number of hydrogen-bond acceptors (Lipinski definition) is 5. The van der Waals surface area contributed by atoms with Crippen molar-refractivity contribution in [1.29, 1.82) is 0 Å². The predicted octanol–water partition coefficient (Wildman–Crippen LogP) is 5.77. The van der Waals surface area contributed by atoms with E-state index in [1.165, 1.54) is 0 Å². The third-order valence-corrected chi connectivity index (χ3v) is 8.34. The van der Waals surface area contributed by atoms with Gasteiger partial charge in [-0.2, -0.15) is 0 Å². The lowest BCUT2D eigenvalue weighted by atomic mass is 10.0. The Morgan fingerprint density at radius 1 is 0.773 bits per heavy atom. The van der Waals surface area contributed by atoms with Crippen molar-refractivity contribution in [2.75, 3.05) is 36.5 Å². The van der Waals surface area contributed by atoms with E-state index >= 15 is 0 Å². The van der Waals surface area contributed by atoms with Gasteiger partial charge in [-0.3, -0.25) is 9.59 Å². The van der Waals surface area contributed by atoms with Gasteiger partial charge in [-0.05, 0) is 64.4 Å². The fourth-order valence-electron chi connectivity index (χ4n) is 5.74. The van der Waals surface area contributed by atoms with Gasteiger partial charge in [-0.15, -0.1) is 0 Å². The van der Waals surface area contributed by atoms with E-state index in [0.29, 0.717) is 39.3 Å². The summed E-state index contributed by atoms with van der Waals surface area (Å²) in [5.41, 5.74) is 14.0. The Hall–Kier alpha value is -4.46. The molecule has 7 heteroatoms. The van der Waals surface area contributed by atoms with Gasteiger partial charge in [-0.25, -0.2) is 0 Å². The van der Waals surface area contributed by atoms with Crippen molar-refractivity contribution < 1.29 is 14.3 Å². The van der Waals surface area contributed by atoms with Crippen LogP contribution in [0, 0.1) is 5.92 Å². The second kappa shape index (κ2) is 13.9. The lowest BCUT2D eigenvalue weighted by Gasteiger charge is -2.31. The molecule has 1 saturated carbocycles. The summed E-state index contributed by atoms with van der Waals surface area (Å²) in [7, 11) is 0. The molecular weight excluding hydrogens is 548 g/mol. The molecule has 4 aromatic rings. The van der Waals surface area contributed by atoms with Gasteiger partial charge >= 0.3 is 0 Å². The predicted molar refractivity (Wildman–Crippen MR) is 175 cm³/mol. The summed E-state index contributed by atoms with van der Waals surface area (Å²) >= 11 is 0. The highest BCUT2D eigenvalue weighted by Crippen LogP contribution is 2.36. The van der Waals surface area contributed by atoms with Crippen molar-refractivity contribution >= 4 is 23.2 Å². The van der Waals surface area contributed by atoms with Gasteiger partial charge in [0, 0.05) is 38.6 Å². The van der Waals surface area contributed by atoms with Crippen LogP contribution in [0.2, 0.25) is 0 Å². The maximum Gasteiger partial charge on any atom is 0.227 e. The Balaban J connectivity index is 1.26. The Morgan fingerprint density at radius 3 is 2.16 bits per heavy atom. The molecule has 1 heterocycles. The molecule has 0 atom stereocenters. The summed E-state index contributed by atoms with van der Waals surface area (Å²) in [5.74, 6) is 0.279. The monoisotopic (exact) mass is 588 g/mol. The summed E-state index contributed by atoms with van der Waals surface area (Å²) in [6.07, 6.45) is 2.25. The standard InChI is InChI=1S/C37H40N4O3/c38-24-28-8-4-9-29(20-28)25-41(36(42)22-27-6-2-1-3-7-27)26-30-10-5-11-32(21-30)33-14-15-35(40-16-18-44-19-17-40)34(23-33)39-37(43)31-12-13-31/h1-11,14-15,20-21,23,31H,12-13,16-19,22,24-26,38H2,(H,39,43). The average Bonchev–Trinajstić information content (AvgIpc) is 3.92. The number of benzene rings is 4. The van der Waals surface area contributed by atoms with Crippen molar-refractivity contribution in [1.82, 2.24) is 4.90 Å². The van der Waals surface area contributed by atoms with E-state index in [1.807, 2.05) is 59.5 Å². The lowest BCUT2D eigenvalue weighted by molar-refractivity contribution is -0.131. The van der Waals surface area contributed by atoms with Crippen molar-refractivity contribution in [2.45, 2.75) is 38.9 Å². The number of nitrogens with one attached hydrogen (secondary N) is 1. The van der Waals surface area contributed by atoms with Crippen LogP contribution >= 0.6 is 0 Å². The Bertz CT molecular complexity index is 1600. The van der Waals surface area contributed by atoms with Crippen LogP contribution in [0.4, 0.5) is 11.4 Å². The highest BCUT2D eigenvalue weighted by molar-refractivity contribution is 5.98. The van der Waals surface area contributed by atoms with E-state index in [-0.39, 0.29) is 17.7 Å². The Labute approximate surface area is 259 Å². The van der Waals surface area contributed by atoms with E-state index < -0.39 is 0 Å². The zero-order valence-electron chi connectivity index (χ0n) is 25.1. The number of nitrogens with two attached hydrogens (primary N) is 1. The number of ether oxygens (including phenoxy) is 1. The molecule has 3 N–H and O–H groups in total. The Morgan fingerprint density at radius 2 is 1.43 bits per heavy atom. The minimum Gasteiger partial charge on any atom is -0.378 e. The van der Waals surface area contributed by atoms with Crippen LogP contribution in [0.3, 0.4) is 0 Å². The molecule has 2 fully saturated rings. The highest BCUT2D eigenvalue weighted by atomic mass is 16.5. The third-order valence-electron chi connectivity index (χ3n) is 8.34. The van der Waals surface area contributed by atoms with E-state index in [1.54, 1.807) is 0 Å². The molecule has 0 radical (unpaired) electrons. The van der Waals surface area contributed by atoms with Crippen LogP contribution in [-0.2, 0) is 40.4 Å². The second-order valence-electron chi connectivity index (χ2n) is 11.7. The minimum absolute atomic E-state index is 0.0692. The van der Waals surface area contributed by atoms with Crippen molar-refractivity contribution in [3.05, 3.63) is 119 Å². The fraction of sp³-hybridized carbons (Fsp3) is 0.297. The number of carbonyl (C=O) groups is 2. The molecule has 0 bridgehead atoms. The molecule has 226 valence electrons. The molecular formula is C37H40N4O3. The minimum atomic E-state index is 0.0692. The topological polar surface area (TPSA) is 87.9 Å². The Kier molecular flexibility index (Phi) is 9.34. The van der Waals surface area contributed by atoms with Gasteiger partial charge < -0.3 is 25.6 Å². The summed E-state index contributed by atoms with van der Waals surface area (Å²) < 4.78 is 5.56. The van der Waals surface area contributed by atoms with Crippen molar-refractivity contribution in [2.24, 2.45) is 11.7 Å². The van der Waals surface area contributed by atoms with Gasteiger partial charge in [0.15, 0.2) is 0 Å². The number of rotatable bonds is 11. The first-order chi connectivity index (χ1) is 21.6. The van der Waals surface area contributed by atoms with Gasteiger partial charge in [0.05, 0.1) is 31.0 Å². The normalized spacial score (nSPS) is 14.7. The number of carbonyl (C=O) groups excluding carboxylic acids is 2. The number of anilines is 2. The van der Waals surface area contributed by atoms with Crippen LogP contribution < -0.4 is 16.0 Å². The summed E-state index contributed by atoms with van der Waals surface area (Å²) in [6, 6.07) is 32.7. The van der Waals surface area contributed by atoms with Crippen LogP contribution in [-0.4, -0.2) is 43.0 Å². The van der Waals surface area contributed by atoms with Gasteiger partial charge in [0.25, 0.3) is 0 Å². The molecule has 2 amide bonds. The summed E-state index contributed by atoms with van der Waals surface area (Å²) in [5, 5.41) is 3.22. The van der Waals surface area contributed by atoms with Crippen LogP contribution in [0.5, 0.6) is 0 Å². The van der Waals surface area contributed by atoms with Crippen LogP contribution in [0.15, 0.2) is 97.1 Å². The molecule has 0 aromatic heterocycles. The molecule has 0 spiro atoms. The quantitative estimate of drug-likeness (QED) is 0.232. The van der Waals surface area contributed by atoms with Gasteiger partial charge in [0.2, 0.25) is 11.8 Å².